The highest BCUT2D eigenvalue weighted by Gasteiger charge is 2.14. The first kappa shape index (κ1) is 13.0. The third-order valence-electron chi connectivity index (χ3n) is 2.69. The Labute approximate surface area is 96.7 Å². The van der Waals surface area contributed by atoms with Crippen molar-refractivity contribution in [2.45, 2.75) is 19.9 Å². The highest BCUT2D eigenvalue weighted by atomic mass is 16.5. The van der Waals surface area contributed by atoms with Gasteiger partial charge in [0, 0.05) is 7.11 Å². The zero-order chi connectivity index (χ0) is 12.1. The molecule has 16 heavy (non-hydrogen) atoms. The normalized spacial score (nSPS) is 12.6. The number of nitrogens with two attached hydrogens (primary N) is 1. The van der Waals surface area contributed by atoms with Gasteiger partial charge in [0.05, 0.1) is 19.8 Å². The van der Waals surface area contributed by atoms with Crippen LogP contribution in [0.2, 0.25) is 0 Å². The molecule has 1 aromatic rings. The Morgan fingerprint density at radius 2 is 1.94 bits per heavy atom. The Morgan fingerprint density at radius 1 is 1.25 bits per heavy atom. The number of ether oxygens (including phenoxy) is 2. The molecular formula is C12H20N2O2. The Kier molecular flexibility index (Phi) is 4.73. The molecule has 1 rings (SSSR count). The third-order valence-corrected chi connectivity index (χ3v) is 2.69. The molecule has 0 aliphatic carbocycles. The lowest BCUT2D eigenvalue weighted by Crippen LogP contribution is -2.31. The highest BCUT2D eigenvalue weighted by molar-refractivity contribution is 5.42. The Balaban J connectivity index is 3.08. The number of nitrogens with one attached hydrogen (secondary N) is 1. The molecule has 0 saturated heterocycles. The lowest BCUT2D eigenvalue weighted by atomic mass is 9.99. The molecule has 0 amide bonds. The van der Waals surface area contributed by atoms with Crippen molar-refractivity contribution in [1.82, 2.24) is 5.43 Å². The van der Waals surface area contributed by atoms with E-state index in [1.165, 1.54) is 0 Å². The van der Waals surface area contributed by atoms with Crippen molar-refractivity contribution in [2.75, 3.05) is 20.8 Å². The SMILES string of the molecule is COCC(NN)c1cc(C)c(OC)cc1C. The third kappa shape index (κ3) is 2.72. The van der Waals surface area contributed by atoms with E-state index in [1.807, 2.05) is 19.9 Å². The van der Waals surface area contributed by atoms with Crippen molar-refractivity contribution in [3.05, 3.63) is 28.8 Å². The molecule has 0 heterocycles. The minimum atomic E-state index is 0.00889. The van der Waals surface area contributed by atoms with Crippen LogP contribution in [0.4, 0.5) is 0 Å². The van der Waals surface area contributed by atoms with Gasteiger partial charge in [0.15, 0.2) is 0 Å². The predicted molar refractivity (Wildman–Crippen MR) is 64.4 cm³/mol. The van der Waals surface area contributed by atoms with E-state index < -0.39 is 0 Å². The number of methoxy groups -OCH3 is 2. The molecule has 0 saturated carbocycles. The maximum Gasteiger partial charge on any atom is 0.122 e. The molecule has 0 spiro atoms. The molecule has 0 fully saturated rings. The van der Waals surface area contributed by atoms with Crippen molar-refractivity contribution in [1.29, 1.82) is 0 Å². The zero-order valence-corrected chi connectivity index (χ0v) is 10.3. The Hall–Kier alpha value is -1.10. The van der Waals surface area contributed by atoms with E-state index in [-0.39, 0.29) is 6.04 Å². The largest absolute Gasteiger partial charge is 0.496 e. The second-order valence-corrected chi connectivity index (χ2v) is 3.85. The molecule has 0 bridgehead atoms. The van der Waals surface area contributed by atoms with Gasteiger partial charge in [0.2, 0.25) is 0 Å². The van der Waals surface area contributed by atoms with Crippen LogP contribution in [-0.4, -0.2) is 20.8 Å². The molecule has 3 N–H and O–H groups in total. The van der Waals surface area contributed by atoms with Gasteiger partial charge in [-0.3, -0.25) is 11.3 Å². The number of rotatable bonds is 5. The Bertz CT molecular complexity index is 353. The summed E-state index contributed by atoms with van der Waals surface area (Å²) in [7, 11) is 3.34. The van der Waals surface area contributed by atoms with Gasteiger partial charge in [-0.05, 0) is 36.6 Å². The quantitative estimate of drug-likeness (QED) is 0.587. The number of hydrogen-bond donors (Lipinski definition) is 2. The summed E-state index contributed by atoms with van der Waals surface area (Å²) in [6.45, 7) is 4.60. The standard InChI is InChI=1S/C12H20N2O2/c1-8-6-12(16-4)9(2)5-10(8)11(14-13)7-15-3/h5-6,11,14H,7,13H2,1-4H3. The molecule has 4 heteroatoms. The van der Waals surface area contributed by atoms with Crippen LogP contribution in [0.15, 0.2) is 12.1 Å². The van der Waals surface area contributed by atoms with E-state index in [1.54, 1.807) is 14.2 Å². The summed E-state index contributed by atoms with van der Waals surface area (Å²) >= 11 is 0. The molecular weight excluding hydrogens is 204 g/mol. The summed E-state index contributed by atoms with van der Waals surface area (Å²) in [5.41, 5.74) is 6.14. The lowest BCUT2D eigenvalue weighted by molar-refractivity contribution is 0.167. The fourth-order valence-corrected chi connectivity index (χ4v) is 1.80. The molecule has 1 aromatic carbocycles. The highest BCUT2D eigenvalue weighted by Crippen LogP contribution is 2.26. The van der Waals surface area contributed by atoms with Gasteiger partial charge >= 0.3 is 0 Å². The minimum Gasteiger partial charge on any atom is -0.496 e. The van der Waals surface area contributed by atoms with Gasteiger partial charge in [-0.2, -0.15) is 0 Å². The maximum absolute atomic E-state index is 5.52. The van der Waals surface area contributed by atoms with Crippen LogP contribution in [0.5, 0.6) is 5.75 Å². The molecule has 1 atom stereocenters. The van der Waals surface area contributed by atoms with Gasteiger partial charge in [-0.1, -0.05) is 6.07 Å². The topological polar surface area (TPSA) is 56.5 Å². The summed E-state index contributed by atoms with van der Waals surface area (Å²) in [6.07, 6.45) is 0. The number of benzene rings is 1. The van der Waals surface area contributed by atoms with E-state index in [0.717, 1.165) is 22.4 Å². The van der Waals surface area contributed by atoms with Crippen molar-refractivity contribution < 1.29 is 9.47 Å². The summed E-state index contributed by atoms with van der Waals surface area (Å²) in [4.78, 5) is 0. The van der Waals surface area contributed by atoms with E-state index in [0.29, 0.717) is 6.61 Å². The lowest BCUT2D eigenvalue weighted by Gasteiger charge is -2.19. The average molecular weight is 224 g/mol. The second kappa shape index (κ2) is 5.84. The van der Waals surface area contributed by atoms with Gasteiger partial charge in [-0.25, -0.2) is 0 Å². The van der Waals surface area contributed by atoms with Crippen molar-refractivity contribution in [3.63, 3.8) is 0 Å². The first-order chi connectivity index (χ1) is 7.63. The van der Waals surface area contributed by atoms with Crippen LogP contribution in [0.1, 0.15) is 22.7 Å². The zero-order valence-electron chi connectivity index (χ0n) is 10.3. The second-order valence-electron chi connectivity index (χ2n) is 3.85. The fraction of sp³-hybridized carbons (Fsp3) is 0.500. The van der Waals surface area contributed by atoms with Crippen LogP contribution < -0.4 is 16.0 Å². The molecule has 1 unspecified atom stereocenters. The summed E-state index contributed by atoms with van der Waals surface area (Å²) < 4.78 is 10.4. The van der Waals surface area contributed by atoms with E-state index in [2.05, 4.69) is 11.5 Å². The van der Waals surface area contributed by atoms with Crippen LogP contribution in [0, 0.1) is 13.8 Å². The molecule has 4 nitrogen and oxygen atoms in total. The Morgan fingerprint density at radius 3 is 2.44 bits per heavy atom. The number of hydrogen-bond acceptors (Lipinski definition) is 4. The predicted octanol–water partition coefficient (Wildman–Crippen LogP) is 1.46. The summed E-state index contributed by atoms with van der Waals surface area (Å²) in [6, 6.07) is 4.11. The van der Waals surface area contributed by atoms with Gasteiger partial charge < -0.3 is 9.47 Å². The van der Waals surface area contributed by atoms with Gasteiger partial charge in [0.1, 0.15) is 5.75 Å². The maximum atomic E-state index is 5.52. The van der Waals surface area contributed by atoms with E-state index >= 15 is 0 Å². The van der Waals surface area contributed by atoms with E-state index in [4.69, 9.17) is 15.3 Å². The molecule has 0 aromatic heterocycles. The number of aryl methyl sites for hydroxylation is 2. The van der Waals surface area contributed by atoms with Crippen molar-refractivity contribution in [3.8, 4) is 5.75 Å². The monoisotopic (exact) mass is 224 g/mol. The van der Waals surface area contributed by atoms with Crippen LogP contribution in [-0.2, 0) is 4.74 Å². The fourth-order valence-electron chi connectivity index (χ4n) is 1.80. The molecule has 90 valence electrons. The van der Waals surface area contributed by atoms with Crippen LogP contribution in [0.25, 0.3) is 0 Å². The van der Waals surface area contributed by atoms with E-state index in [9.17, 15) is 0 Å². The average Bonchev–Trinajstić information content (AvgIpc) is 2.28. The molecule has 0 aliphatic heterocycles. The van der Waals surface area contributed by atoms with Crippen molar-refractivity contribution >= 4 is 0 Å². The summed E-state index contributed by atoms with van der Waals surface area (Å²) in [5, 5.41) is 0. The first-order valence-corrected chi connectivity index (χ1v) is 5.24. The van der Waals surface area contributed by atoms with Gasteiger partial charge in [-0.15, -0.1) is 0 Å². The summed E-state index contributed by atoms with van der Waals surface area (Å²) in [5.74, 6) is 6.42. The van der Waals surface area contributed by atoms with Crippen LogP contribution in [0.3, 0.4) is 0 Å². The van der Waals surface area contributed by atoms with Crippen LogP contribution >= 0.6 is 0 Å². The van der Waals surface area contributed by atoms with Crippen molar-refractivity contribution in [2.24, 2.45) is 5.84 Å². The smallest absolute Gasteiger partial charge is 0.122 e. The van der Waals surface area contributed by atoms with Gasteiger partial charge in [0.25, 0.3) is 0 Å². The molecule has 0 radical (unpaired) electrons. The number of hydrazine groups is 1. The minimum absolute atomic E-state index is 0.00889. The molecule has 0 aliphatic rings. The first-order valence-electron chi connectivity index (χ1n) is 5.24.